The minimum atomic E-state index is -0.492. The van der Waals surface area contributed by atoms with E-state index in [-0.39, 0.29) is 24.0 Å². The zero-order valence-corrected chi connectivity index (χ0v) is 19.4. The van der Waals surface area contributed by atoms with Crippen molar-refractivity contribution < 1.29 is 5.11 Å². The van der Waals surface area contributed by atoms with Gasteiger partial charge in [-0.15, -0.1) is 24.0 Å². The molecule has 3 rings (SSSR count). The molecule has 0 aliphatic carbocycles. The van der Waals surface area contributed by atoms with E-state index in [0.29, 0.717) is 13.0 Å². The van der Waals surface area contributed by atoms with Crippen LogP contribution in [0.15, 0.2) is 59.6 Å². The number of aryl methyl sites for hydroxylation is 1. The average molecular weight is 506 g/mol. The molecule has 6 heteroatoms. The molecule has 1 aromatic heterocycles. The fraction of sp³-hybridized carbons (Fsp3) is 0.348. The van der Waals surface area contributed by atoms with Gasteiger partial charge in [-0.1, -0.05) is 48.5 Å². The summed E-state index contributed by atoms with van der Waals surface area (Å²) in [6.45, 7) is 6.10. The van der Waals surface area contributed by atoms with Gasteiger partial charge < -0.3 is 20.7 Å². The second kappa shape index (κ2) is 11.8. The van der Waals surface area contributed by atoms with Crippen molar-refractivity contribution >= 4 is 40.8 Å². The first-order valence-electron chi connectivity index (χ1n) is 9.97. The van der Waals surface area contributed by atoms with Gasteiger partial charge in [0.05, 0.1) is 12.6 Å². The summed E-state index contributed by atoms with van der Waals surface area (Å²) in [5.41, 5.74) is 4.85. The Labute approximate surface area is 190 Å². The molecule has 0 aliphatic heterocycles. The molecule has 0 fully saturated rings. The molecule has 0 amide bonds. The number of H-pyrrole nitrogens is 1. The summed E-state index contributed by atoms with van der Waals surface area (Å²) in [7, 11) is 0. The number of aromatic nitrogens is 1. The van der Waals surface area contributed by atoms with Crippen molar-refractivity contribution in [3.8, 4) is 0 Å². The highest BCUT2D eigenvalue weighted by Crippen LogP contribution is 2.21. The molecule has 1 unspecified atom stereocenters. The summed E-state index contributed by atoms with van der Waals surface area (Å²) < 4.78 is 0. The number of aliphatic hydroxyl groups is 1. The van der Waals surface area contributed by atoms with E-state index in [2.05, 4.69) is 51.8 Å². The lowest BCUT2D eigenvalue weighted by atomic mass is 10.1. The van der Waals surface area contributed by atoms with Gasteiger partial charge in [0.25, 0.3) is 0 Å². The second-order valence-corrected chi connectivity index (χ2v) is 7.01. The van der Waals surface area contributed by atoms with Crippen LogP contribution in [0, 0.1) is 6.92 Å². The van der Waals surface area contributed by atoms with Gasteiger partial charge in [-0.05, 0) is 37.5 Å². The summed E-state index contributed by atoms with van der Waals surface area (Å²) in [5.74, 6) is 0.743. The minimum Gasteiger partial charge on any atom is -0.391 e. The van der Waals surface area contributed by atoms with Crippen LogP contribution >= 0.6 is 24.0 Å². The number of aliphatic imine (C=N–C) groups is 1. The highest BCUT2D eigenvalue weighted by atomic mass is 127. The highest BCUT2D eigenvalue weighted by molar-refractivity contribution is 14.0. The summed E-state index contributed by atoms with van der Waals surface area (Å²) in [4.78, 5) is 8.00. The van der Waals surface area contributed by atoms with E-state index in [1.54, 1.807) is 0 Å². The van der Waals surface area contributed by atoms with Crippen molar-refractivity contribution in [1.82, 2.24) is 15.6 Å². The zero-order valence-electron chi connectivity index (χ0n) is 17.1. The predicted molar refractivity (Wildman–Crippen MR) is 132 cm³/mol. The van der Waals surface area contributed by atoms with Crippen molar-refractivity contribution in [1.29, 1.82) is 0 Å². The summed E-state index contributed by atoms with van der Waals surface area (Å²) in [6.07, 6.45) is 1.03. The molecule has 5 nitrogen and oxygen atoms in total. The summed E-state index contributed by atoms with van der Waals surface area (Å²) in [5, 5.41) is 18.2. The molecular weight excluding hydrogens is 475 g/mol. The minimum absolute atomic E-state index is 0. The first-order chi connectivity index (χ1) is 13.7. The molecule has 3 aromatic rings. The van der Waals surface area contributed by atoms with Crippen LogP contribution in [-0.4, -0.2) is 41.8 Å². The zero-order chi connectivity index (χ0) is 19.8. The Morgan fingerprint density at radius 2 is 1.79 bits per heavy atom. The number of fused-ring (bicyclic) bond motifs is 1. The second-order valence-electron chi connectivity index (χ2n) is 7.01. The van der Waals surface area contributed by atoms with E-state index in [1.165, 1.54) is 22.2 Å². The number of halogens is 1. The van der Waals surface area contributed by atoms with Gasteiger partial charge >= 0.3 is 0 Å². The SMILES string of the molecule is CCNC(=NCC(O)Cc1ccccc1)NCCc1c(C)[nH]c2ccccc12.I. The van der Waals surface area contributed by atoms with Crippen molar-refractivity contribution in [3.63, 3.8) is 0 Å². The number of aromatic amines is 1. The molecule has 0 saturated heterocycles. The standard InChI is InChI=1S/C23H30N4O.HI/c1-3-24-23(26-16-19(28)15-18-9-5-4-6-10-18)25-14-13-20-17(2)27-22-12-8-7-11-21(20)22;/h4-12,19,27-28H,3,13-16H2,1-2H3,(H2,24,25,26);1H. The molecular formula is C23H31IN4O. The maximum Gasteiger partial charge on any atom is 0.191 e. The van der Waals surface area contributed by atoms with Crippen LogP contribution in [-0.2, 0) is 12.8 Å². The molecule has 0 bridgehead atoms. The fourth-order valence-electron chi connectivity index (χ4n) is 3.45. The molecule has 0 spiro atoms. The van der Waals surface area contributed by atoms with Gasteiger partial charge in [0, 0.05) is 36.1 Å². The quantitative estimate of drug-likeness (QED) is 0.214. The first kappa shape index (κ1) is 23.2. The highest BCUT2D eigenvalue weighted by Gasteiger charge is 2.09. The average Bonchev–Trinajstić information content (AvgIpc) is 3.02. The number of benzene rings is 2. The van der Waals surface area contributed by atoms with E-state index in [0.717, 1.165) is 31.0 Å². The number of guanidine groups is 1. The van der Waals surface area contributed by atoms with Gasteiger partial charge in [0.15, 0.2) is 5.96 Å². The van der Waals surface area contributed by atoms with E-state index < -0.39 is 6.10 Å². The third-order valence-electron chi connectivity index (χ3n) is 4.81. The third kappa shape index (κ3) is 6.75. The van der Waals surface area contributed by atoms with Crippen molar-refractivity contribution in [2.45, 2.75) is 32.8 Å². The van der Waals surface area contributed by atoms with Crippen LogP contribution < -0.4 is 10.6 Å². The van der Waals surface area contributed by atoms with E-state index >= 15 is 0 Å². The molecule has 1 atom stereocenters. The maximum atomic E-state index is 10.3. The smallest absolute Gasteiger partial charge is 0.191 e. The number of nitrogens with zero attached hydrogens (tertiary/aromatic N) is 1. The number of rotatable bonds is 8. The monoisotopic (exact) mass is 506 g/mol. The lowest BCUT2D eigenvalue weighted by Gasteiger charge is -2.13. The van der Waals surface area contributed by atoms with Crippen molar-refractivity contribution in [3.05, 3.63) is 71.4 Å². The van der Waals surface area contributed by atoms with Gasteiger partial charge in [-0.2, -0.15) is 0 Å². The van der Waals surface area contributed by atoms with Crippen LogP contribution in [0.25, 0.3) is 10.9 Å². The number of hydrogen-bond donors (Lipinski definition) is 4. The number of para-hydroxylation sites is 1. The van der Waals surface area contributed by atoms with Crippen LogP contribution in [0.2, 0.25) is 0 Å². The van der Waals surface area contributed by atoms with Crippen LogP contribution in [0.5, 0.6) is 0 Å². The number of aliphatic hydroxyl groups excluding tert-OH is 1. The topological polar surface area (TPSA) is 72.4 Å². The Hall–Kier alpha value is -2.06. The number of hydrogen-bond acceptors (Lipinski definition) is 2. The van der Waals surface area contributed by atoms with E-state index in [9.17, 15) is 5.11 Å². The van der Waals surface area contributed by atoms with Gasteiger partial charge in [0.1, 0.15) is 0 Å². The largest absolute Gasteiger partial charge is 0.391 e. The molecule has 0 saturated carbocycles. The van der Waals surface area contributed by atoms with Crippen molar-refractivity contribution in [2.75, 3.05) is 19.6 Å². The Bertz CT molecular complexity index is 908. The molecule has 0 aliphatic rings. The van der Waals surface area contributed by atoms with E-state index in [1.807, 2.05) is 37.3 Å². The molecule has 2 aromatic carbocycles. The normalized spacial score (nSPS) is 12.4. The molecule has 29 heavy (non-hydrogen) atoms. The molecule has 156 valence electrons. The van der Waals surface area contributed by atoms with Gasteiger partial charge in [0.2, 0.25) is 0 Å². The van der Waals surface area contributed by atoms with Crippen LogP contribution in [0.1, 0.15) is 23.7 Å². The Morgan fingerprint density at radius 3 is 2.55 bits per heavy atom. The van der Waals surface area contributed by atoms with Crippen LogP contribution in [0.3, 0.4) is 0 Å². The van der Waals surface area contributed by atoms with E-state index in [4.69, 9.17) is 0 Å². The Morgan fingerprint density at radius 1 is 1.07 bits per heavy atom. The predicted octanol–water partition coefficient (Wildman–Crippen LogP) is 3.80. The lowest BCUT2D eigenvalue weighted by molar-refractivity contribution is 0.183. The third-order valence-corrected chi connectivity index (χ3v) is 4.81. The Balaban J connectivity index is 0.00000300. The van der Waals surface area contributed by atoms with Crippen molar-refractivity contribution in [2.24, 2.45) is 4.99 Å². The fourth-order valence-corrected chi connectivity index (χ4v) is 3.45. The first-order valence-corrected chi connectivity index (χ1v) is 9.97. The Kier molecular flexibility index (Phi) is 9.47. The molecule has 1 heterocycles. The molecule has 0 radical (unpaired) electrons. The molecule has 4 N–H and O–H groups in total. The van der Waals surface area contributed by atoms with Gasteiger partial charge in [-0.25, -0.2) is 0 Å². The van der Waals surface area contributed by atoms with Crippen LogP contribution in [0.4, 0.5) is 0 Å². The lowest BCUT2D eigenvalue weighted by Crippen LogP contribution is -2.39. The summed E-state index contributed by atoms with van der Waals surface area (Å²) in [6, 6.07) is 18.4. The summed E-state index contributed by atoms with van der Waals surface area (Å²) >= 11 is 0. The maximum absolute atomic E-state index is 10.3. The van der Waals surface area contributed by atoms with Gasteiger partial charge in [-0.3, -0.25) is 4.99 Å². The number of nitrogens with one attached hydrogen (secondary N) is 3.